The van der Waals surface area contributed by atoms with E-state index in [0.717, 1.165) is 29.8 Å². The zero-order valence-electron chi connectivity index (χ0n) is 8.14. The second-order valence-electron chi connectivity index (χ2n) is 3.35. The zero-order valence-corrected chi connectivity index (χ0v) is 8.14. The molecule has 0 spiro atoms. The molecule has 1 aromatic rings. The summed E-state index contributed by atoms with van der Waals surface area (Å²) in [5.41, 5.74) is 2.74. The molecule has 0 fully saturated rings. The van der Waals surface area contributed by atoms with Crippen molar-refractivity contribution in [2.24, 2.45) is 0 Å². The van der Waals surface area contributed by atoms with Crippen LogP contribution < -0.4 is 4.99 Å². The smallest absolute Gasteiger partial charge is 0.208 e. The number of nitrogens with one attached hydrogen (secondary N) is 1. The number of benzene rings is 1. The zero-order chi connectivity index (χ0) is 9.97. The van der Waals surface area contributed by atoms with Gasteiger partial charge in [-0.1, -0.05) is 6.07 Å². The number of ether oxygens (including phenoxy) is 1. The Bertz CT molecular complexity index is 374. The summed E-state index contributed by atoms with van der Waals surface area (Å²) in [5, 5.41) is 0. The first-order valence-electron chi connectivity index (χ1n) is 4.69. The molecule has 1 heterocycles. The fourth-order valence-corrected chi connectivity index (χ4v) is 1.80. The van der Waals surface area contributed by atoms with E-state index in [-0.39, 0.29) is 5.82 Å². The first-order valence-corrected chi connectivity index (χ1v) is 4.69. The number of hydrogen-bond donors (Lipinski definition) is 1. The summed E-state index contributed by atoms with van der Waals surface area (Å²) in [6, 6.07) is 5.17. The molecule has 0 bridgehead atoms. The second kappa shape index (κ2) is 3.88. The summed E-state index contributed by atoms with van der Waals surface area (Å²) >= 11 is 0. The highest BCUT2D eigenvalue weighted by Gasteiger charge is 2.21. The Morgan fingerprint density at radius 2 is 2.36 bits per heavy atom. The lowest BCUT2D eigenvalue weighted by atomic mass is 9.97. The molecule has 2 nitrogen and oxygen atoms in total. The molecule has 3 heteroatoms. The normalized spacial score (nSPS) is 14.9. The second-order valence-corrected chi connectivity index (χ2v) is 3.35. The van der Waals surface area contributed by atoms with Gasteiger partial charge in [-0.15, -0.1) is 0 Å². The van der Waals surface area contributed by atoms with Crippen molar-refractivity contribution in [2.45, 2.75) is 6.42 Å². The molecule has 2 rings (SSSR count). The van der Waals surface area contributed by atoms with Gasteiger partial charge >= 0.3 is 0 Å². The van der Waals surface area contributed by atoms with Gasteiger partial charge in [0.1, 0.15) is 19.0 Å². The molecule has 0 atom stereocenters. The Hall–Kier alpha value is -1.22. The van der Waals surface area contributed by atoms with Gasteiger partial charge in [0.2, 0.25) is 5.71 Å². The number of fused-ring (bicyclic) bond motifs is 1. The van der Waals surface area contributed by atoms with Gasteiger partial charge in [-0.3, -0.25) is 0 Å². The van der Waals surface area contributed by atoms with E-state index in [1.54, 1.807) is 13.2 Å². The predicted octanol–water partition coefficient (Wildman–Crippen LogP) is -0.102. The molecule has 0 amide bonds. The molecule has 1 aliphatic heterocycles. The van der Waals surface area contributed by atoms with Gasteiger partial charge in [0.05, 0.1) is 0 Å². The molecule has 0 saturated carbocycles. The van der Waals surface area contributed by atoms with Crippen LogP contribution in [0.25, 0.3) is 0 Å². The molecule has 0 aromatic heterocycles. The van der Waals surface area contributed by atoms with Crippen LogP contribution in [0.15, 0.2) is 18.2 Å². The highest BCUT2D eigenvalue weighted by atomic mass is 19.1. The van der Waals surface area contributed by atoms with E-state index >= 15 is 0 Å². The van der Waals surface area contributed by atoms with Crippen molar-refractivity contribution in [1.82, 2.24) is 0 Å². The van der Waals surface area contributed by atoms with Crippen LogP contribution in [0.2, 0.25) is 0 Å². The van der Waals surface area contributed by atoms with E-state index in [1.165, 1.54) is 6.07 Å². The molecule has 1 N–H and O–H groups in total. The standard InChI is InChI=1S/C11H12FNO/c1-14-7-11-9-3-2-4-10(12)8(9)5-6-13-11/h2-4H,5-7H2,1H3/p+1. The lowest BCUT2D eigenvalue weighted by molar-refractivity contribution is -0.459. The fraction of sp³-hybridized carbons (Fsp3) is 0.364. The average Bonchev–Trinajstić information content (AvgIpc) is 2.20. The van der Waals surface area contributed by atoms with Gasteiger partial charge in [-0.25, -0.2) is 9.38 Å². The van der Waals surface area contributed by atoms with Gasteiger partial charge in [0, 0.05) is 24.7 Å². The minimum atomic E-state index is -0.113. The minimum Gasteiger partial charge on any atom is -0.374 e. The number of methoxy groups -OCH3 is 1. The van der Waals surface area contributed by atoms with Crippen molar-refractivity contribution in [3.05, 3.63) is 35.1 Å². The molecule has 14 heavy (non-hydrogen) atoms. The van der Waals surface area contributed by atoms with E-state index in [2.05, 4.69) is 4.99 Å². The van der Waals surface area contributed by atoms with E-state index < -0.39 is 0 Å². The summed E-state index contributed by atoms with van der Waals surface area (Å²) in [5.74, 6) is -0.113. The SMILES string of the molecule is COCC1=[NH+]CCc2c(F)cccc21. The van der Waals surface area contributed by atoms with Crippen molar-refractivity contribution in [3.8, 4) is 0 Å². The first kappa shape index (κ1) is 9.34. The lowest BCUT2D eigenvalue weighted by Crippen LogP contribution is -2.76. The third-order valence-electron chi connectivity index (χ3n) is 2.45. The maximum absolute atomic E-state index is 13.4. The maximum atomic E-state index is 13.4. The van der Waals surface area contributed by atoms with Crippen molar-refractivity contribution >= 4 is 5.71 Å². The number of halogens is 1. The Kier molecular flexibility index (Phi) is 2.59. The molecule has 0 radical (unpaired) electrons. The van der Waals surface area contributed by atoms with E-state index in [0.29, 0.717) is 6.61 Å². The number of rotatable bonds is 2. The van der Waals surface area contributed by atoms with Gasteiger partial charge in [0.15, 0.2) is 0 Å². The van der Waals surface area contributed by atoms with Crippen LogP contribution in [0.1, 0.15) is 11.1 Å². The van der Waals surface area contributed by atoms with E-state index in [1.807, 2.05) is 6.07 Å². The maximum Gasteiger partial charge on any atom is 0.208 e. The van der Waals surface area contributed by atoms with Gasteiger partial charge in [0.25, 0.3) is 0 Å². The Morgan fingerprint density at radius 3 is 3.14 bits per heavy atom. The van der Waals surface area contributed by atoms with E-state index in [9.17, 15) is 4.39 Å². The topological polar surface area (TPSA) is 23.2 Å². The fourth-order valence-electron chi connectivity index (χ4n) is 1.80. The van der Waals surface area contributed by atoms with Crippen LogP contribution in [-0.2, 0) is 11.2 Å². The summed E-state index contributed by atoms with van der Waals surface area (Å²) in [4.78, 5) is 3.23. The van der Waals surface area contributed by atoms with Crippen LogP contribution in [0.5, 0.6) is 0 Å². The van der Waals surface area contributed by atoms with Crippen molar-refractivity contribution < 1.29 is 14.1 Å². The van der Waals surface area contributed by atoms with Gasteiger partial charge in [-0.05, 0) is 12.1 Å². The summed E-state index contributed by atoms with van der Waals surface area (Å²) in [6.45, 7) is 1.29. The van der Waals surface area contributed by atoms with Crippen LogP contribution in [0.4, 0.5) is 4.39 Å². The molecule has 0 saturated heterocycles. The number of hydrogen-bond acceptors (Lipinski definition) is 1. The van der Waals surface area contributed by atoms with Crippen molar-refractivity contribution in [3.63, 3.8) is 0 Å². The van der Waals surface area contributed by atoms with Gasteiger partial charge in [-0.2, -0.15) is 0 Å². The van der Waals surface area contributed by atoms with Crippen LogP contribution in [-0.4, -0.2) is 26.0 Å². The predicted molar refractivity (Wildman–Crippen MR) is 51.9 cm³/mol. The summed E-state index contributed by atoms with van der Waals surface area (Å²) in [6.07, 6.45) is 0.745. The summed E-state index contributed by atoms with van der Waals surface area (Å²) in [7, 11) is 1.64. The Morgan fingerprint density at radius 1 is 1.50 bits per heavy atom. The lowest BCUT2D eigenvalue weighted by Gasteiger charge is -2.11. The monoisotopic (exact) mass is 194 g/mol. The quantitative estimate of drug-likeness (QED) is 0.698. The molecule has 0 aliphatic carbocycles. The van der Waals surface area contributed by atoms with Crippen LogP contribution >= 0.6 is 0 Å². The minimum absolute atomic E-state index is 0.113. The molecule has 0 unspecified atom stereocenters. The molecule has 1 aliphatic rings. The van der Waals surface area contributed by atoms with E-state index in [4.69, 9.17) is 4.74 Å². The molecular weight excluding hydrogens is 181 g/mol. The first-order chi connectivity index (χ1) is 6.83. The third kappa shape index (κ3) is 1.55. The van der Waals surface area contributed by atoms with Crippen LogP contribution in [0.3, 0.4) is 0 Å². The van der Waals surface area contributed by atoms with Crippen LogP contribution in [0, 0.1) is 5.82 Å². The average molecular weight is 194 g/mol. The van der Waals surface area contributed by atoms with Gasteiger partial charge < -0.3 is 4.74 Å². The Labute approximate surface area is 82.4 Å². The molecular formula is C11H13FNO+. The third-order valence-corrected chi connectivity index (χ3v) is 2.45. The van der Waals surface area contributed by atoms with Crippen molar-refractivity contribution in [1.29, 1.82) is 0 Å². The Balaban J connectivity index is 2.43. The molecule has 1 aromatic carbocycles. The molecule has 74 valence electrons. The highest BCUT2D eigenvalue weighted by Crippen LogP contribution is 2.15. The summed E-state index contributed by atoms with van der Waals surface area (Å²) < 4.78 is 18.5. The van der Waals surface area contributed by atoms with Crippen molar-refractivity contribution in [2.75, 3.05) is 20.3 Å². The highest BCUT2D eigenvalue weighted by molar-refractivity contribution is 5.99. The largest absolute Gasteiger partial charge is 0.374 e.